The molecule has 2 aromatic carbocycles. The maximum absolute atomic E-state index is 12.2. The molecule has 1 aliphatic rings. The minimum Gasteiger partial charge on any atom is -0.454 e. The van der Waals surface area contributed by atoms with Crippen molar-refractivity contribution < 1.29 is 14.3 Å². The highest BCUT2D eigenvalue weighted by atomic mass is 79.9. The Hall–Kier alpha value is -2.01. The van der Waals surface area contributed by atoms with Crippen molar-refractivity contribution in [3.8, 4) is 11.5 Å². The highest BCUT2D eigenvalue weighted by Crippen LogP contribution is 2.32. The van der Waals surface area contributed by atoms with Crippen LogP contribution in [0.3, 0.4) is 0 Å². The summed E-state index contributed by atoms with van der Waals surface area (Å²) in [4.78, 5) is 12.2. The lowest BCUT2D eigenvalue weighted by Crippen LogP contribution is -2.11. The highest BCUT2D eigenvalue weighted by Gasteiger charge is 2.16. The van der Waals surface area contributed by atoms with Crippen LogP contribution >= 0.6 is 15.9 Å². The van der Waals surface area contributed by atoms with E-state index < -0.39 is 0 Å². The number of anilines is 1. The molecule has 5 heteroatoms. The van der Waals surface area contributed by atoms with Gasteiger partial charge < -0.3 is 14.8 Å². The molecule has 20 heavy (non-hydrogen) atoms. The molecule has 0 atom stereocenters. The molecule has 3 rings (SSSR count). The van der Waals surface area contributed by atoms with Crippen molar-refractivity contribution in [3.05, 3.63) is 53.6 Å². The van der Waals surface area contributed by atoms with Crippen molar-refractivity contribution >= 4 is 27.5 Å². The van der Waals surface area contributed by atoms with Crippen LogP contribution in [0.15, 0.2) is 42.5 Å². The summed E-state index contributed by atoms with van der Waals surface area (Å²) in [5.41, 5.74) is 2.46. The van der Waals surface area contributed by atoms with Gasteiger partial charge in [-0.2, -0.15) is 0 Å². The van der Waals surface area contributed by atoms with E-state index in [9.17, 15) is 4.79 Å². The quantitative estimate of drug-likeness (QED) is 0.873. The maximum Gasteiger partial charge on any atom is 0.255 e. The molecule has 4 nitrogen and oxygen atoms in total. The number of carbonyl (C=O) groups excluding carboxylic acids is 1. The van der Waals surface area contributed by atoms with Crippen LogP contribution < -0.4 is 14.8 Å². The Morgan fingerprint density at radius 1 is 1.10 bits per heavy atom. The molecule has 1 amide bonds. The third-order valence-corrected chi connectivity index (χ3v) is 3.65. The largest absolute Gasteiger partial charge is 0.454 e. The second-order valence-electron chi connectivity index (χ2n) is 4.35. The molecule has 1 aliphatic heterocycles. The van der Waals surface area contributed by atoms with Crippen molar-refractivity contribution in [2.75, 3.05) is 12.1 Å². The molecule has 2 aromatic rings. The van der Waals surface area contributed by atoms with E-state index in [0.717, 1.165) is 16.6 Å². The molecule has 0 unspecified atom stereocenters. The zero-order chi connectivity index (χ0) is 13.9. The summed E-state index contributed by atoms with van der Waals surface area (Å²) in [5, 5.41) is 3.65. The van der Waals surface area contributed by atoms with Gasteiger partial charge in [-0.25, -0.2) is 0 Å². The van der Waals surface area contributed by atoms with Gasteiger partial charge in [0.1, 0.15) is 0 Å². The molecule has 0 radical (unpaired) electrons. The van der Waals surface area contributed by atoms with Gasteiger partial charge in [0.15, 0.2) is 11.5 Å². The molecule has 1 heterocycles. The summed E-state index contributed by atoms with van der Waals surface area (Å²) in [5.74, 6) is 1.10. The Bertz CT molecular complexity index is 640. The second-order valence-corrected chi connectivity index (χ2v) is 4.91. The fourth-order valence-electron chi connectivity index (χ4n) is 1.92. The second kappa shape index (κ2) is 5.54. The Labute approximate surface area is 124 Å². The molecule has 0 spiro atoms. The number of hydrogen-bond acceptors (Lipinski definition) is 3. The number of hydrogen-bond donors (Lipinski definition) is 1. The topological polar surface area (TPSA) is 47.6 Å². The van der Waals surface area contributed by atoms with E-state index in [-0.39, 0.29) is 12.7 Å². The smallest absolute Gasteiger partial charge is 0.255 e. The summed E-state index contributed by atoms with van der Waals surface area (Å²) in [6, 6.07) is 12.8. The third kappa shape index (κ3) is 2.63. The zero-order valence-corrected chi connectivity index (χ0v) is 12.1. The number of alkyl halides is 1. The molecule has 0 fully saturated rings. The number of fused-ring (bicyclic) bond motifs is 1. The van der Waals surface area contributed by atoms with Crippen LogP contribution in [0.25, 0.3) is 0 Å². The van der Waals surface area contributed by atoms with E-state index in [4.69, 9.17) is 9.47 Å². The summed E-state index contributed by atoms with van der Waals surface area (Å²) in [7, 11) is 0. The number of ether oxygens (including phenoxy) is 2. The predicted octanol–water partition coefficient (Wildman–Crippen LogP) is 3.56. The normalized spacial score (nSPS) is 12.2. The first-order chi connectivity index (χ1) is 9.76. The lowest BCUT2D eigenvalue weighted by atomic mass is 10.1. The highest BCUT2D eigenvalue weighted by molar-refractivity contribution is 9.08. The lowest BCUT2D eigenvalue weighted by Gasteiger charge is -2.06. The van der Waals surface area contributed by atoms with Gasteiger partial charge >= 0.3 is 0 Å². The molecule has 0 saturated heterocycles. The van der Waals surface area contributed by atoms with Crippen molar-refractivity contribution in [1.29, 1.82) is 0 Å². The summed E-state index contributed by atoms with van der Waals surface area (Å²) >= 11 is 3.39. The first-order valence-electron chi connectivity index (χ1n) is 6.12. The molecule has 0 aromatic heterocycles. The van der Waals surface area contributed by atoms with E-state index in [1.165, 1.54) is 0 Å². The fourth-order valence-corrected chi connectivity index (χ4v) is 2.29. The van der Waals surface area contributed by atoms with Gasteiger partial charge in [-0.05, 0) is 35.9 Å². The zero-order valence-electron chi connectivity index (χ0n) is 10.6. The van der Waals surface area contributed by atoms with E-state index in [1.807, 2.05) is 24.3 Å². The van der Waals surface area contributed by atoms with Crippen LogP contribution in [-0.2, 0) is 5.33 Å². The van der Waals surface area contributed by atoms with Crippen LogP contribution in [-0.4, -0.2) is 12.7 Å². The standard InChI is InChI=1S/C15H12BrNO3/c16-8-10-1-4-12(5-2-10)17-15(18)11-3-6-13-14(7-11)20-9-19-13/h1-7H,8-9H2,(H,17,18). The average Bonchev–Trinajstić information content (AvgIpc) is 2.95. The van der Waals surface area contributed by atoms with Crippen molar-refractivity contribution in [2.24, 2.45) is 0 Å². The Morgan fingerprint density at radius 2 is 1.85 bits per heavy atom. The van der Waals surface area contributed by atoms with Crippen LogP contribution in [0.4, 0.5) is 5.69 Å². The van der Waals surface area contributed by atoms with Crippen molar-refractivity contribution in [1.82, 2.24) is 0 Å². The number of nitrogens with one attached hydrogen (secondary N) is 1. The molecule has 0 saturated carbocycles. The van der Waals surface area contributed by atoms with Gasteiger partial charge in [-0.3, -0.25) is 4.79 Å². The number of halogens is 1. The van der Waals surface area contributed by atoms with Gasteiger partial charge in [0.05, 0.1) is 0 Å². The van der Waals surface area contributed by atoms with Gasteiger partial charge in [0.2, 0.25) is 6.79 Å². The molecule has 102 valence electrons. The van der Waals surface area contributed by atoms with Gasteiger partial charge in [-0.15, -0.1) is 0 Å². The van der Waals surface area contributed by atoms with Gasteiger partial charge in [-0.1, -0.05) is 28.1 Å². The maximum atomic E-state index is 12.2. The summed E-state index contributed by atoms with van der Waals surface area (Å²) in [6.45, 7) is 0.203. The fraction of sp³-hybridized carbons (Fsp3) is 0.133. The summed E-state index contributed by atoms with van der Waals surface area (Å²) < 4.78 is 10.5. The molecule has 0 bridgehead atoms. The van der Waals surface area contributed by atoms with Crippen LogP contribution in [0, 0.1) is 0 Å². The Morgan fingerprint density at radius 3 is 2.60 bits per heavy atom. The first-order valence-corrected chi connectivity index (χ1v) is 7.24. The number of benzene rings is 2. The molecular weight excluding hydrogens is 322 g/mol. The van der Waals surface area contributed by atoms with Crippen LogP contribution in [0.1, 0.15) is 15.9 Å². The van der Waals surface area contributed by atoms with Crippen LogP contribution in [0.2, 0.25) is 0 Å². The number of amides is 1. The molecule has 0 aliphatic carbocycles. The van der Waals surface area contributed by atoms with E-state index in [1.54, 1.807) is 18.2 Å². The van der Waals surface area contributed by atoms with E-state index in [2.05, 4.69) is 21.2 Å². The molecular formula is C15H12BrNO3. The predicted molar refractivity (Wildman–Crippen MR) is 79.6 cm³/mol. The minimum absolute atomic E-state index is 0.171. The van der Waals surface area contributed by atoms with E-state index in [0.29, 0.717) is 17.1 Å². The van der Waals surface area contributed by atoms with Crippen molar-refractivity contribution in [3.63, 3.8) is 0 Å². The lowest BCUT2D eigenvalue weighted by molar-refractivity contribution is 0.102. The minimum atomic E-state index is -0.171. The van der Waals surface area contributed by atoms with Crippen LogP contribution in [0.5, 0.6) is 11.5 Å². The number of rotatable bonds is 3. The SMILES string of the molecule is O=C(Nc1ccc(CBr)cc1)c1ccc2c(c1)OCO2. The summed E-state index contributed by atoms with van der Waals surface area (Å²) in [6.07, 6.45) is 0. The Balaban J connectivity index is 1.75. The number of carbonyl (C=O) groups is 1. The third-order valence-electron chi connectivity index (χ3n) is 3.00. The Kier molecular flexibility index (Phi) is 3.60. The monoisotopic (exact) mass is 333 g/mol. The average molecular weight is 334 g/mol. The molecule has 1 N–H and O–H groups in total. The van der Waals surface area contributed by atoms with E-state index >= 15 is 0 Å². The van der Waals surface area contributed by atoms with Crippen molar-refractivity contribution in [2.45, 2.75) is 5.33 Å². The van der Waals surface area contributed by atoms with Gasteiger partial charge in [0.25, 0.3) is 5.91 Å². The van der Waals surface area contributed by atoms with Gasteiger partial charge in [0, 0.05) is 16.6 Å². The first kappa shape index (κ1) is 13.0.